The number of morpholine rings is 1. The monoisotopic (exact) mass is 280 g/mol. The number of halogens is 1. The Morgan fingerprint density at radius 1 is 1.53 bits per heavy atom. The molecule has 1 heterocycles. The van der Waals surface area contributed by atoms with Crippen molar-refractivity contribution in [3.63, 3.8) is 0 Å². The van der Waals surface area contributed by atoms with E-state index in [4.69, 9.17) is 9.47 Å². The van der Waals surface area contributed by atoms with Gasteiger partial charge in [0, 0.05) is 5.33 Å². The highest BCUT2D eigenvalue weighted by atomic mass is 79.9. The number of nitrogens with one attached hydrogen (secondary N) is 1. The quantitative estimate of drug-likeness (QED) is 0.544. The molecule has 0 amide bonds. The van der Waals surface area contributed by atoms with Crippen LogP contribution in [0.3, 0.4) is 0 Å². The van der Waals surface area contributed by atoms with Gasteiger partial charge in [-0.3, -0.25) is 4.79 Å². The fourth-order valence-corrected chi connectivity index (χ4v) is 1.68. The van der Waals surface area contributed by atoms with Gasteiger partial charge in [0.15, 0.2) is 0 Å². The number of ether oxygens (including phenoxy) is 2. The van der Waals surface area contributed by atoms with Crippen molar-refractivity contribution in [1.82, 2.24) is 0 Å². The number of alkyl halides is 1. The van der Waals surface area contributed by atoms with E-state index >= 15 is 0 Å². The Kier molecular flexibility index (Phi) is 6.20. The van der Waals surface area contributed by atoms with Crippen LogP contribution in [-0.4, -0.2) is 50.8 Å². The van der Waals surface area contributed by atoms with Gasteiger partial charge >= 0.3 is 5.97 Å². The van der Waals surface area contributed by atoms with Gasteiger partial charge < -0.3 is 14.4 Å². The summed E-state index contributed by atoms with van der Waals surface area (Å²) in [5.41, 5.74) is 0. The van der Waals surface area contributed by atoms with Crippen LogP contribution in [0.5, 0.6) is 0 Å². The first kappa shape index (κ1) is 12.9. The van der Waals surface area contributed by atoms with E-state index in [0.29, 0.717) is 11.9 Å². The van der Waals surface area contributed by atoms with E-state index in [1.807, 2.05) is 6.92 Å². The van der Waals surface area contributed by atoms with Crippen molar-refractivity contribution in [2.75, 3.05) is 44.8 Å². The molecule has 0 bridgehead atoms. The molecule has 1 unspecified atom stereocenters. The largest absolute Gasteiger partial charge is 0.459 e. The molecule has 1 aliphatic rings. The molecule has 15 heavy (non-hydrogen) atoms. The average Bonchev–Trinajstić information content (AvgIpc) is 2.29. The maximum Gasteiger partial charge on any atom is 0.309 e. The Hall–Kier alpha value is -0.130. The van der Waals surface area contributed by atoms with Gasteiger partial charge in [-0.25, -0.2) is 0 Å². The van der Waals surface area contributed by atoms with Crippen LogP contribution in [-0.2, 0) is 14.3 Å². The van der Waals surface area contributed by atoms with Gasteiger partial charge in [-0.2, -0.15) is 0 Å². The molecular weight excluding hydrogens is 262 g/mol. The van der Waals surface area contributed by atoms with Gasteiger partial charge in [-0.15, -0.1) is 0 Å². The van der Waals surface area contributed by atoms with Crippen molar-refractivity contribution in [1.29, 1.82) is 0 Å². The minimum absolute atomic E-state index is 0.0512. The van der Waals surface area contributed by atoms with Gasteiger partial charge in [-0.1, -0.05) is 22.9 Å². The summed E-state index contributed by atoms with van der Waals surface area (Å²) in [4.78, 5) is 12.8. The highest BCUT2D eigenvalue weighted by Crippen LogP contribution is 2.01. The first-order chi connectivity index (χ1) is 7.24. The zero-order chi connectivity index (χ0) is 11.1. The second-order valence-electron chi connectivity index (χ2n) is 3.84. The fourth-order valence-electron chi connectivity index (χ4n) is 1.41. The van der Waals surface area contributed by atoms with Gasteiger partial charge in [0.1, 0.15) is 26.2 Å². The molecule has 1 N–H and O–H groups in total. The summed E-state index contributed by atoms with van der Waals surface area (Å²) < 4.78 is 10.4. The van der Waals surface area contributed by atoms with E-state index < -0.39 is 0 Å². The molecule has 0 aliphatic carbocycles. The summed E-state index contributed by atoms with van der Waals surface area (Å²) >= 11 is 3.26. The minimum atomic E-state index is -0.112. The van der Waals surface area contributed by atoms with Crippen molar-refractivity contribution in [2.45, 2.75) is 6.92 Å². The first-order valence-corrected chi connectivity index (χ1v) is 6.50. The van der Waals surface area contributed by atoms with E-state index in [-0.39, 0.29) is 11.9 Å². The molecule has 1 atom stereocenters. The molecule has 0 spiro atoms. The predicted octanol–water partition coefficient (Wildman–Crippen LogP) is -0.524. The van der Waals surface area contributed by atoms with E-state index in [9.17, 15) is 4.79 Å². The highest BCUT2D eigenvalue weighted by Gasteiger charge is 2.16. The number of hydrogen-bond acceptors (Lipinski definition) is 3. The van der Waals surface area contributed by atoms with Gasteiger partial charge in [0.05, 0.1) is 19.1 Å². The molecule has 1 rings (SSSR count). The average molecular weight is 281 g/mol. The van der Waals surface area contributed by atoms with Crippen LogP contribution < -0.4 is 4.90 Å². The van der Waals surface area contributed by atoms with Crippen LogP contribution in [0.25, 0.3) is 0 Å². The molecule has 0 saturated carbocycles. The fraction of sp³-hybridized carbons (Fsp3) is 0.900. The number of hydrogen-bond donors (Lipinski definition) is 1. The zero-order valence-corrected chi connectivity index (χ0v) is 10.7. The maximum atomic E-state index is 11.3. The molecule has 88 valence electrons. The van der Waals surface area contributed by atoms with E-state index in [1.165, 1.54) is 4.90 Å². The second-order valence-corrected chi connectivity index (χ2v) is 4.48. The lowest BCUT2D eigenvalue weighted by Gasteiger charge is -2.23. The molecule has 0 radical (unpaired) electrons. The van der Waals surface area contributed by atoms with Crippen LogP contribution in [0.4, 0.5) is 0 Å². The number of esters is 1. The van der Waals surface area contributed by atoms with Crippen molar-refractivity contribution in [2.24, 2.45) is 5.92 Å². The third-order valence-corrected chi connectivity index (χ3v) is 3.50. The number of carbonyl (C=O) groups is 1. The maximum absolute atomic E-state index is 11.3. The summed E-state index contributed by atoms with van der Waals surface area (Å²) in [6.45, 7) is 6.95. The topological polar surface area (TPSA) is 40.0 Å². The van der Waals surface area contributed by atoms with E-state index in [2.05, 4.69) is 15.9 Å². The Labute approximate surface area is 99.0 Å². The molecule has 5 heteroatoms. The highest BCUT2D eigenvalue weighted by molar-refractivity contribution is 9.09. The molecular formula is C10H19BrNO3+. The Bertz CT molecular complexity index is 195. The van der Waals surface area contributed by atoms with Crippen molar-refractivity contribution < 1.29 is 19.2 Å². The van der Waals surface area contributed by atoms with Gasteiger partial charge in [0.25, 0.3) is 0 Å². The summed E-state index contributed by atoms with van der Waals surface area (Å²) in [7, 11) is 0. The predicted molar refractivity (Wildman–Crippen MR) is 60.3 cm³/mol. The SMILES string of the molecule is CC(CBr)C(=O)OCC[NH+]1CCOCC1. The summed E-state index contributed by atoms with van der Waals surface area (Å²) in [5, 5.41) is 0.663. The Morgan fingerprint density at radius 2 is 2.20 bits per heavy atom. The number of rotatable bonds is 5. The molecule has 1 saturated heterocycles. The van der Waals surface area contributed by atoms with Crippen LogP contribution in [0.1, 0.15) is 6.92 Å². The standard InChI is InChI=1S/C10H18BrNO3/c1-9(8-11)10(13)15-7-4-12-2-5-14-6-3-12/h9H,2-8H2,1H3/p+1. The number of quaternary nitrogens is 1. The molecule has 4 nitrogen and oxygen atoms in total. The Morgan fingerprint density at radius 3 is 2.80 bits per heavy atom. The van der Waals surface area contributed by atoms with Crippen LogP contribution in [0.2, 0.25) is 0 Å². The van der Waals surface area contributed by atoms with Crippen molar-refractivity contribution in [3.05, 3.63) is 0 Å². The van der Waals surface area contributed by atoms with E-state index in [1.54, 1.807) is 0 Å². The molecule has 1 aliphatic heterocycles. The Balaban J connectivity index is 2.07. The van der Waals surface area contributed by atoms with Crippen LogP contribution >= 0.6 is 15.9 Å². The van der Waals surface area contributed by atoms with Crippen molar-refractivity contribution in [3.8, 4) is 0 Å². The lowest BCUT2D eigenvalue weighted by atomic mass is 10.2. The third kappa shape index (κ3) is 4.95. The lowest BCUT2D eigenvalue weighted by molar-refractivity contribution is -0.908. The molecule has 0 aromatic rings. The number of carbonyl (C=O) groups excluding carboxylic acids is 1. The van der Waals surface area contributed by atoms with Crippen LogP contribution in [0, 0.1) is 5.92 Å². The summed E-state index contributed by atoms with van der Waals surface area (Å²) in [5.74, 6) is -0.163. The van der Waals surface area contributed by atoms with Gasteiger partial charge in [0.2, 0.25) is 0 Å². The van der Waals surface area contributed by atoms with Gasteiger partial charge in [-0.05, 0) is 0 Å². The molecule has 0 aromatic carbocycles. The van der Waals surface area contributed by atoms with E-state index in [0.717, 1.165) is 32.8 Å². The molecule has 1 fully saturated rings. The van der Waals surface area contributed by atoms with Crippen molar-refractivity contribution >= 4 is 21.9 Å². The summed E-state index contributed by atoms with van der Waals surface area (Å²) in [6, 6.07) is 0. The lowest BCUT2D eigenvalue weighted by Crippen LogP contribution is -3.14. The third-order valence-electron chi connectivity index (χ3n) is 2.53. The summed E-state index contributed by atoms with van der Waals surface area (Å²) in [6.07, 6.45) is 0. The second kappa shape index (κ2) is 7.19. The minimum Gasteiger partial charge on any atom is -0.459 e. The normalized spacial score (nSPS) is 19.9. The van der Waals surface area contributed by atoms with Crippen LogP contribution in [0.15, 0.2) is 0 Å². The molecule has 0 aromatic heterocycles. The smallest absolute Gasteiger partial charge is 0.309 e. The first-order valence-electron chi connectivity index (χ1n) is 5.38. The zero-order valence-electron chi connectivity index (χ0n) is 9.13.